The lowest BCUT2D eigenvalue weighted by Crippen LogP contribution is -2.35. The van der Waals surface area contributed by atoms with Gasteiger partial charge in [0, 0.05) is 25.0 Å². The number of H-pyrrole nitrogens is 1. The molecule has 30 heavy (non-hydrogen) atoms. The van der Waals surface area contributed by atoms with Crippen molar-refractivity contribution in [2.75, 3.05) is 25.1 Å². The summed E-state index contributed by atoms with van der Waals surface area (Å²) in [5.41, 5.74) is 2.55. The highest BCUT2D eigenvalue weighted by Gasteiger charge is 2.28. The molecule has 1 atom stereocenters. The summed E-state index contributed by atoms with van der Waals surface area (Å²) in [6.07, 6.45) is 5.22. The van der Waals surface area contributed by atoms with Gasteiger partial charge in [-0.3, -0.25) is 4.79 Å². The molecular weight excluding hydrogens is 382 g/mol. The number of amides is 1. The first-order valence-electron chi connectivity index (χ1n) is 9.90. The number of benzene rings is 1. The summed E-state index contributed by atoms with van der Waals surface area (Å²) in [7, 11) is 1.59. The number of imidazole rings is 1. The summed E-state index contributed by atoms with van der Waals surface area (Å²) in [5.74, 6) is 1.25. The SMILES string of the molecule is CNC(=O)c1cc(OCC2CCCN2c2ncnc3nc[nH]c23)c2ccccc2n1. The van der Waals surface area contributed by atoms with Gasteiger partial charge in [-0.25, -0.2) is 19.9 Å². The van der Waals surface area contributed by atoms with Gasteiger partial charge in [0.2, 0.25) is 0 Å². The van der Waals surface area contributed by atoms with E-state index in [1.807, 2.05) is 24.3 Å². The zero-order valence-corrected chi connectivity index (χ0v) is 16.5. The highest BCUT2D eigenvalue weighted by atomic mass is 16.5. The van der Waals surface area contributed by atoms with Crippen LogP contribution in [-0.2, 0) is 0 Å². The maximum absolute atomic E-state index is 12.1. The van der Waals surface area contributed by atoms with Crippen molar-refractivity contribution in [2.45, 2.75) is 18.9 Å². The lowest BCUT2D eigenvalue weighted by Gasteiger charge is -2.26. The molecule has 1 amide bonds. The summed E-state index contributed by atoms with van der Waals surface area (Å²) in [5, 5.41) is 3.51. The number of hydrogen-bond acceptors (Lipinski definition) is 7. The van der Waals surface area contributed by atoms with Crippen LogP contribution in [0.3, 0.4) is 0 Å². The van der Waals surface area contributed by atoms with E-state index in [9.17, 15) is 4.79 Å². The Morgan fingerprint density at radius 2 is 2.20 bits per heavy atom. The average Bonchev–Trinajstić information content (AvgIpc) is 3.45. The normalized spacial score (nSPS) is 16.3. The number of aromatic amines is 1. The van der Waals surface area contributed by atoms with Gasteiger partial charge in [0.25, 0.3) is 5.91 Å². The van der Waals surface area contributed by atoms with Crippen LogP contribution in [0.15, 0.2) is 43.0 Å². The Balaban J connectivity index is 1.43. The van der Waals surface area contributed by atoms with Crippen molar-refractivity contribution in [1.29, 1.82) is 0 Å². The minimum Gasteiger partial charge on any atom is -0.491 e. The minimum absolute atomic E-state index is 0.154. The highest BCUT2D eigenvalue weighted by molar-refractivity contribution is 5.96. The molecule has 9 nitrogen and oxygen atoms in total. The first kappa shape index (κ1) is 18.3. The number of hydrogen-bond donors (Lipinski definition) is 2. The van der Waals surface area contributed by atoms with Gasteiger partial charge in [0.05, 0.1) is 17.9 Å². The number of nitrogens with one attached hydrogen (secondary N) is 2. The molecule has 1 unspecified atom stereocenters. The predicted molar refractivity (Wildman–Crippen MR) is 113 cm³/mol. The van der Waals surface area contributed by atoms with Crippen LogP contribution in [0.25, 0.3) is 22.1 Å². The second-order valence-corrected chi connectivity index (χ2v) is 7.20. The second kappa shape index (κ2) is 7.58. The molecular formula is C21H21N7O2. The molecule has 4 heterocycles. The quantitative estimate of drug-likeness (QED) is 0.526. The third-order valence-corrected chi connectivity index (χ3v) is 5.42. The van der Waals surface area contributed by atoms with Gasteiger partial charge in [-0.1, -0.05) is 12.1 Å². The molecule has 4 aromatic rings. The van der Waals surface area contributed by atoms with Crippen LogP contribution in [0.1, 0.15) is 23.3 Å². The third-order valence-electron chi connectivity index (χ3n) is 5.42. The second-order valence-electron chi connectivity index (χ2n) is 7.20. The van der Waals surface area contributed by atoms with Crippen LogP contribution in [0.2, 0.25) is 0 Å². The Hall–Kier alpha value is -3.75. The number of anilines is 1. The van der Waals surface area contributed by atoms with Crippen LogP contribution in [0.5, 0.6) is 5.75 Å². The Kier molecular flexibility index (Phi) is 4.62. The number of pyridine rings is 1. The van der Waals surface area contributed by atoms with Crippen LogP contribution < -0.4 is 15.0 Å². The molecule has 1 aromatic carbocycles. The molecule has 0 radical (unpaired) electrons. The molecule has 1 aliphatic heterocycles. The third kappa shape index (κ3) is 3.18. The maximum Gasteiger partial charge on any atom is 0.269 e. The fourth-order valence-corrected chi connectivity index (χ4v) is 3.95. The summed E-state index contributed by atoms with van der Waals surface area (Å²) in [4.78, 5) is 34.9. The smallest absolute Gasteiger partial charge is 0.269 e. The highest BCUT2D eigenvalue weighted by Crippen LogP contribution is 2.30. The number of para-hydroxylation sites is 1. The summed E-state index contributed by atoms with van der Waals surface area (Å²) < 4.78 is 6.25. The van der Waals surface area contributed by atoms with Crippen molar-refractivity contribution in [3.63, 3.8) is 0 Å². The summed E-state index contributed by atoms with van der Waals surface area (Å²) in [6, 6.07) is 9.53. The maximum atomic E-state index is 12.1. The number of carbonyl (C=O) groups excluding carboxylic acids is 1. The minimum atomic E-state index is -0.240. The molecule has 2 N–H and O–H groups in total. The number of fused-ring (bicyclic) bond motifs is 2. The van der Waals surface area contributed by atoms with E-state index in [1.54, 1.807) is 25.8 Å². The topological polar surface area (TPSA) is 109 Å². The average molecular weight is 403 g/mol. The van der Waals surface area contributed by atoms with Crippen molar-refractivity contribution in [3.05, 3.63) is 48.7 Å². The van der Waals surface area contributed by atoms with E-state index in [0.29, 0.717) is 23.7 Å². The van der Waals surface area contributed by atoms with Crippen LogP contribution in [-0.4, -0.2) is 57.1 Å². The molecule has 0 saturated carbocycles. The number of rotatable bonds is 5. The van der Waals surface area contributed by atoms with E-state index in [2.05, 4.69) is 35.1 Å². The van der Waals surface area contributed by atoms with Crippen LogP contribution >= 0.6 is 0 Å². The molecule has 1 saturated heterocycles. The molecule has 1 aliphatic rings. The molecule has 9 heteroatoms. The van der Waals surface area contributed by atoms with E-state index < -0.39 is 0 Å². The Bertz CT molecular complexity index is 1220. The number of nitrogens with zero attached hydrogens (tertiary/aromatic N) is 5. The Morgan fingerprint density at radius 3 is 3.10 bits per heavy atom. The van der Waals surface area contributed by atoms with Crippen LogP contribution in [0, 0.1) is 0 Å². The van der Waals surface area contributed by atoms with Crippen molar-refractivity contribution in [3.8, 4) is 5.75 Å². The van der Waals surface area contributed by atoms with Crippen molar-refractivity contribution >= 4 is 33.8 Å². The van der Waals surface area contributed by atoms with E-state index in [0.717, 1.165) is 41.6 Å². The summed E-state index contributed by atoms with van der Waals surface area (Å²) >= 11 is 0. The predicted octanol–water partition coefficient (Wildman–Crippen LogP) is 2.31. The van der Waals surface area contributed by atoms with E-state index in [-0.39, 0.29) is 11.9 Å². The molecule has 3 aromatic heterocycles. The fourth-order valence-electron chi connectivity index (χ4n) is 3.95. The molecule has 152 valence electrons. The van der Waals surface area contributed by atoms with Gasteiger partial charge in [0.1, 0.15) is 29.9 Å². The molecule has 5 rings (SSSR count). The summed E-state index contributed by atoms with van der Waals surface area (Å²) in [6.45, 7) is 1.36. The Labute approximate surface area is 172 Å². The first-order chi connectivity index (χ1) is 14.7. The van der Waals surface area contributed by atoms with Gasteiger partial charge in [-0.2, -0.15) is 0 Å². The zero-order chi connectivity index (χ0) is 20.5. The van der Waals surface area contributed by atoms with Crippen molar-refractivity contribution in [2.24, 2.45) is 0 Å². The van der Waals surface area contributed by atoms with Gasteiger partial charge >= 0.3 is 0 Å². The molecule has 0 bridgehead atoms. The number of aromatic nitrogens is 5. The van der Waals surface area contributed by atoms with Crippen LogP contribution in [0.4, 0.5) is 5.82 Å². The number of ether oxygens (including phenoxy) is 1. The zero-order valence-electron chi connectivity index (χ0n) is 16.5. The molecule has 0 aliphatic carbocycles. The number of carbonyl (C=O) groups is 1. The van der Waals surface area contributed by atoms with Gasteiger partial charge in [-0.15, -0.1) is 0 Å². The van der Waals surface area contributed by atoms with E-state index in [1.165, 1.54) is 0 Å². The lowest BCUT2D eigenvalue weighted by molar-refractivity contribution is 0.0958. The van der Waals surface area contributed by atoms with Gasteiger partial charge in [-0.05, 0) is 25.0 Å². The largest absolute Gasteiger partial charge is 0.491 e. The van der Waals surface area contributed by atoms with E-state index >= 15 is 0 Å². The van der Waals surface area contributed by atoms with Gasteiger partial charge in [0.15, 0.2) is 11.5 Å². The van der Waals surface area contributed by atoms with Gasteiger partial charge < -0.3 is 19.9 Å². The Morgan fingerprint density at radius 1 is 1.30 bits per heavy atom. The molecule has 0 spiro atoms. The molecule has 1 fully saturated rings. The van der Waals surface area contributed by atoms with Crippen molar-refractivity contribution in [1.82, 2.24) is 30.2 Å². The monoisotopic (exact) mass is 403 g/mol. The first-order valence-corrected chi connectivity index (χ1v) is 9.90. The fraction of sp³-hybridized carbons (Fsp3) is 0.286. The van der Waals surface area contributed by atoms with E-state index in [4.69, 9.17) is 4.74 Å². The van der Waals surface area contributed by atoms with Crippen molar-refractivity contribution < 1.29 is 9.53 Å². The lowest BCUT2D eigenvalue weighted by atomic mass is 10.1. The standard InChI is InChI=1S/C21H21N7O2/c1-22-21(29)16-9-17(14-6-2-3-7-15(14)27-16)30-10-13-5-4-8-28(13)20-18-19(24-11-23-18)25-12-26-20/h2-3,6-7,9,11-13H,4-5,8,10H2,1H3,(H,22,29)(H,23,24,25,26).